The first-order chi connectivity index (χ1) is 43.9. The molecule has 12 rings (SSSR count). The molecule has 0 aliphatic carbocycles. The number of likely N-dealkylation sites (N-methyl/N-ethyl adjacent to an activating group) is 1. The van der Waals surface area contributed by atoms with Gasteiger partial charge in [0.25, 0.3) is 0 Å². The van der Waals surface area contributed by atoms with Gasteiger partial charge in [0.2, 0.25) is 11.8 Å². The number of cyclic esters (lactones) is 1. The van der Waals surface area contributed by atoms with Crippen LogP contribution >= 0.6 is 0 Å². The smallest absolute Gasteiger partial charge is 0.419 e. The van der Waals surface area contributed by atoms with E-state index in [1.807, 2.05) is 259 Å². The van der Waals surface area contributed by atoms with Gasteiger partial charge in [0.1, 0.15) is 6.10 Å². The summed E-state index contributed by atoms with van der Waals surface area (Å²) in [5.74, 6) is 1.20. The van der Waals surface area contributed by atoms with E-state index in [0.717, 1.165) is 46.6 Å². The lowest BCUT2D eigenvalue weighted by Gasteiger charge is -2.20. The van der Waals surface area contributed by atoms with Gasteiger partial charge < -0.3 is 33.7 Å². The maximum atomic E-state index is 12.0. The molecule has 2 aromatic heterocycles. The third kappa shape index (κ3) is 18.4. The van der Waals surface area contributed by atoms with Crippen LogP contribution in [0.25, 0.3) is 28.2 Å². The second-order valence-corrected chi connectivity index (χ2v) is 25.1. The predicted octanol–water partition coefficient (Wildman–Crippen LogP) is 15.3. The van der Waals surface area contributed by atoms with E-state index in [0.29, 0.717) is 43.0 Å². The molecule has 92 heavy (non-hydrogen) atoms. The summed E-state index contributed by atoms with van der Waals surface area (Å²) >= 11 is 0. The van der Waals surface area contributed by atoms with Gasteiger partial charge in [-0.1, -0.05) is 182 Å². The Labute approximate surface area is 544 Å². The largest absolute Gasteiger partial charge is 0.439 e. The highest BCUT2D eigenvalue weighted by Crippen LogP contribution is 2.32. The van der Waals surface area contributed by atoms with Gasteiger partial charge in [0.15, 0.2) is 5.76 Å². The molecule has 3 saturated heterocycles. The quantitative estimate of drug-likeness (QED) is 0.117. The SMILES string of the molecule is CC(C)N1C=C(c2ccccc2)CC1=O.CC(C)N1CC(c2ccccc2)CC1=O.CC(C)N1CC(c2ccccc2)N(C)C1=O.CC(C)N1CC(c2ccccc2)OC1=O.CC(C)n1cc(-c2ccccc2)n(C)c1=O.CC(C)n1cc(-c2ccccc2)oc1=O. The van der Waals surface area contributed by atoms with Crippen molar-refractivity contribution >= 4 is 29.5 Å². The lowest BCUT2D eigenvalue weighted by atomic mass is 9.98. The lowest BCUT2D eigenvalue weighted by molar-refractivity contribution is -0.129. The maximum Gasteiger partial charge on any atom is 0.419 e. The number of imidazole rings is 1. The molecule has 16 nitrogen and oxygen atoms in total. The fourth-order valence-corrected chi connectivity index (χ4v) is 11.1. The van der Waals surface area contributed by atoms with Crippen LogP contribution in [-0.2, 0) is 21.4 Å². The van der Waals surface area contributed by atoms with Crippen LogP contribution in [0.2, 0.25) is 0 Å². The summed E-state index contributed by atoms with van der Waals surface area (Å²) in [6.07, 6.45) is 6.53. The Hall–Kier alpha value is -9.44. The van der Waals surface area contributed by atoms with E-state index in [-0.39, 0.29) is 71.8 Å². The molecule has 16 heteroatoms. The molecule has 0 saturated carbocycles. The van der Waals surface area contributed by atoms with E-state index >= 15 is 0 Å². The average molecular weight is 1250 g/mol. The number of hydrogen-bond donors (Lipinski definition) is 0. The molecule has 0 bridgehead atoms. The van der Waals surface area contributed by atoms with Crippen LogP contribution in [0.4, 0.5) is 9.59 Å². The zero-order valence-corrected chi connectivity index (χ0v) is 56.1. The molecule has 0 N–H and O–H groups in total. The third-order valence-electron chi connectivity index (χ3n) is 16.5. The second kappa shape index (κ2) is 33.0. The van der Waals surface area contributed by atoms with Gasteiger partial charge in [-0.3, -0.25) is 23.3 Å². The van der Waals surface area contributed by atoms with Crippen LogP contribution < -0.4 is 11.4 Å². The molecule has 486 valence electrons. The van der Waals surface area contributed by atoms with Gasteiger partial charge in [0, 0.05) is 93.7 Å². The number of amides is 5. The summed E-state index contributed by atoms with van der Waals surface area (Å²) in [5.41, 5.74) is 8.82. The van der Waals surface area contributed by atoms with Crippen LogP contribution in [-0.4, -0.2) is 113 Å². The van der Waals surface area contributed by atoms with Crippen molar-refractivity contribution in [1.29, 1.82) is 0 Å². The van der Waals surface area contributed by atoms with Crippen molar-refractivity contribution < 1.29 is 28.3 Å². The van der Waals surface area contributed by atoms with E-state index < -0.39 is 0 Å². The number of likely N-dealkylation sites (tertiary alicyclic amines) is 1. The van der Waals surface area contributed by atoms with Crippen molar-refractivity contribution in [2.75, 3.05) is 26.7 Å². The van der Waals surface area contributed by atoms with Gasteiger partial charge in [-0.25, -0.2) is 19.2 Å². The Balaban J connectivity index is 0.000000157. The van der Waals surface area contributed by atoms with E-state index in [2.05, 4.69) is 52.0 Å². The van der Waals surface area contributed by atoms with Gasteiger partial charge in [-0.15, -0.1) is 0 Å². The molecule has 0 radical (unpaired) electrons. The normalized spacial score (nSPS) is 16.8. The van der Waals surface area contributed by atoms with Crippen LogP contribution in [0, 0.1) is 0 Å². The maximum absolute atomic E-state index is 12.0. The van der Waals surface area contributed by atoms with Crippen LogP contribution in [0.1, 0.15) is 148 Å². The van der Waals surface area contributed by atoms with Crippen molar-refractivity contribution in [1.82, 2.24) is 38.2 Å². The van der Waals surface area contributed by atoms with Gasteiger partial charge in [-0.05, 0) is 116 Å². The number of benzene rings is 6. The number of nitrogens with zero attached hydrogens (tertiary/aromatic N) is 8. The summed E-state index contributed by atoms with van der Waals surface area (Å²) in [5, 5.41) is 0. The summed E-state index contributed by atoms with van der Waals surface area (Å²) < 4.78 is 15.5. The van der Waals surface area contributed by atoms with Gasteiger partial charge in [-0.2, -0.15) is 0 Å². The Morgan fingerprint density at radius 1 is 0.435 bits per heavy atom. The summed E-state index contributed by atoms with van der Waals surface area (Å²) in [4.78, 5) is 79.5. The molecule has 4 aliphatic heterocycles. The van der Waals surface area contributed by atoms with Gasteiger partial charge in [0.05, 0.1) is 30.9 Å². The third-order valence-corrected chi connectivity index (χ3v) is 16.5. The van der Waals surface area contributed by atoms with Crippen molar-refractivity contribution in [3.63, 3.8) is 0 Å². The first kappa shape index (κ1) is 70.0. The number of oxazole rings is 1. The van der Waals surface area contributed by atoms with Crippen molar-refractivity contribution in [2.45, 2.75) is 150 Å². The fraction of sp³-hybridized carbons (Fsp3) is 0.368. The van der Waals surface area contributed by atoms with E-state index in [1.54, 1.807) is 24.8 Å². The monoisotopic (exact) mass is 1250 g/mol. The van der Waals surface area contributed by atoms with Crippen molar-refractivity contribution in [3.8, 4) is 22.6 Å². The minimum Gasteiger partial charge on any atom is -0.439 e. The minimum absolute atomic E-state index is 0.0360. The summed E-state index contributed by atoms with van der Waals surface area (Å²) in [7, 11) is 3.69. The van der Waals surface area contributed by atoms with Crippen LogP contribution in [0.15, 0.2) is 215 Å². The molecule has 4 aliphatic rings. The zero-order valence-electron chi connectivity index (χ0n) is 56.1. The number of hydrogen-bond acceptors (Lipinski definition) is 8. The average Bonchev–Trinajstić information content (AvgIpc) is 1.75. The number of carbonyl (C=O) groups excluding carboxylic acids is 4. The Morgan fingerprint density at radius 2 is 0.902 bits per heavy atom. The van der Waals surface area contributed by atoms with Crippen molar-refractivity contribution in [3.05, 3.63) is 244 Å². The minimum atomic E-state index is -0.302. The number of urea groups is 1. The predicted molar refractivity (Wildman–Crippen MR) is 368 cm³/mol. The lowest BCUT2D eigenvalue weighted by Crippen LogP contribution is -2.34. The molecule has 0 spiro atoms. The Bertz CT molecular complexity index is 3690. The van der Waals surface area contributed by atoms with E-state index in [4.69, 9.17) is 9.15 Å². The first-order valence-electron chi connectivity index (χ1n) is 32.1. The zero-order chi connectivity index (χ0) is 66.8. The molecule has 6 heterocycles. The molecule has 5 amide bonds. The molecular weight excluding hydrogens is 1150 g/mol. The summed E-state index contributed by atoms with van der Waals surface area (Å²) in [6.45, 7) is 26.5. The molecule has 3 atom stereocenters. The number of ether oxygens (including phenoxy) is 1. The second-order valence-electron chi connectivity index (χ2n) is 25.1. The Kier molecular flexibility index (Phi) is 25.2. The molecule has 6 aromatic carbocycles. The highest BCUT2D eigenvalue weighted by atomic mass is 16.6. The van der Waals surface area contributed by atoms with Gasteiger partial charge >= 0.3 is 23.6 Å². The van der Waals surface area contributed by atoms with Crippen molar-refractivity contribution in [2.24, 2.45) is 7.05 Å². The highest BCUT2D eigenvalue weighted by molar-refractivity contribution is 5.94. The van der Waals surface area contributed by atoms with E-state index in [1.165, 1.54) is 11.1 Å². The molecule has 8 aromatic rings. The number of aromatic nitrogens is 3. The van der Waals surface area contributed by atoms with Crippen LogP contribution in [0.3, 0.4) is 0 Å². The standard InChI is InChI=1S/C13H18N2O.C13H16N2O.C13H17NO.C13H15NO.C12H15NO2.C12H13NO2/c2*1-10(2)15-9-12(14(3)13(15)16)11-7-5-4-6-8-11;2*1-10(2)14-9-12(8-13(14)15)11-6-4-3-5-7-11;2*1-9(2)13-8-11(15-12(13)14)10-6-4-3-5-7-10/h4-8,10,12H,9H2,1-3H3;4-10H,1-3H3;3-7,10,12H,8-9H2,1-2H3;3-7,9-10H,8H2,1-2H3;3-7,9,11H,8H2,1-2H3;3-9H,1-2H3. The topological polar surface area (TPSA) is 156 Å². The molecular formula is C76H94N8O8. The molecule has 3 unspecified atom stereocenters. The summed E-state index contributed by atoms with van der Waals surface area (Å²) in [6, 6.07) is 61.7. The molecule has 3 fully saturated rings. The number of rotatable bonds is 12. The Morgan fingerprint density at radius 3 is 1.33 bits per heavy atom. The van der Waals surface area contributed by atoms with E-state index in [9.17, 15) is 28.8 Å². The first-order valence-corrected chi connectivity index (χ1v) is 32.1. The fourth-order valence-electron chi connectivity index (χ4n) is 11.1. The highest BCUT2D eigenvalue weighted by Gasteiger charge is 2.37. The van der Waals surface area contributed by atoms with Crippen LogP contribution in [0.5, 0.6) is 0 Å². The number of carbonyl (C=O) groups is 4.